The number of aliphatic hydroxyl groups excluding tert-OH is 1. The van der Waals surface area contributed by atoms with Gasteiger partial charge in [-0.2, -0.15) is 13.2 Å². The van der Waals surface area contributed by atoms with E-state index in [1.54, 1.807) is 0 Å². The predicted molar refractivity (Wildman–Crippen MR) is 76.9 cm³/mol. The Kier molecular flexibility index (Phi) is 5.68. The van der Waals surface area contributed by atoms with Crippen molar-refractivity contribution in [3.05, 3.63) is 33.8 Å². The Morgan fingerprint density at radius 1 is 1.38 bits per heavy atom. The van der Waals surface area contributed by atoms with Gasteiger partial charge < -0.3 is 9.84 Å². The molecule has 0 bridgehead atoms. The van der Waals surface area contributed by atoms with Crippen LogP contribution in [0.2, 0.25) is 0 Å². The van der Waals surface area contributed by atoms with Crippen molar-refractivity contribution >= 4 is 15.9 Å². The SMILES string of the molecule is OC(CCCC1CCCO1)c1ccc(Br)cc1C(F)(F)F. The van der Waals surface area contributed by atoms with Gasteiger partial charge in [-0.25, -0.2) is 0 Å². The first-order chi connectivity index (χ1) is 9.88. The molecule has 0 saturated carbocycles. The standard InChI is InChI=1S/C15H18BrF3O2/c16-10-6-7-12(13(9-10)15(17,18)19)14(20)5-1-3-11-4-2-8-21-11/h6-7,9,11,14,20H,1-5,8H2. The summed E-state index contributed by atoms with van der Waals surface area (Å²) in [6, 6.07) is 3.87. The van der Waals surface area contributed by atoms with Crippen LogP contribution in [-0.2, 0) is 10.9 Å². The molecule has 118 valence electrons. The second kappa shape index (κ2) is 7.11. The van der Waals surface area contributed by atoms with Crippen LogP contribution in [0.4, 0.5) is 13.2 Å². The Hall–Kier alpha value is -0.590. The van der Waals surface area contributed by atoms with Gasteiger partial charge in [-0.15, -0.1) is 0 Å². The molecule has 1 N–H and O–H groups in total. The molecular formula is C15H18BrF3O2. The Labute approximate surface area is 130 Å². The van der Waals surface area contributed by atoms with Crippen LogP contribution in [0, 0.1) is 0 Å². The average molecular weight is 367 g/mol. The van der Waals surface area contributed by atoms with Crippen LogP contribution in [-0.4, -0.2) is 17.8 Å². The molecule has 1 aliphatic heterocycles. The van der Waals surface area contributed by atoms with Crippen molar-refractivity contribution < 1.29 is 23.0 Å². The van der Waals surface area contributed by atoms with Crippen LogP contribution in [0.25, 0.3) is 0 Å². The highest BCUT2D eigenvalue weighted by molar-refractivity contribution is 9.10. The molecule has 2 nitrogen and oxygen atoms in total. The zero-order valence-electron chi connectivity index (χ0n) is 11.5. The summed E-state index contributed by atoms with van der Waals surface area (Å²) in [5, 5.41) is 10.1. The average Bonchev–Trinajstić information content (AvgIpc) is 2.90. The van der Waals surface area contributed by atoms with Gasteiger partial charge in [0, 0.05) is 11.1 Å². The summed E-state index contributed by atoms with van der Waals surface area (Å²) in [5.74, 6) is 0. The number of halogens is 4. The third kappa shape index (κ3) is 4.69. The number of benzene rings is 1. The van der Waals surface area contributed by atoms with E-state index in [1.807, 2.05) is 0 Å². The summed E-state index contributed by atoms with van der Waals surface area (Å²) in [6.07, 6.45) is -1.58. The molecule has 1 fully saturated rings. The van der Waals surface area contributed by atoms with Crippen LogP contribution in [0.1, 0.15) is 49.3 Å². The maximum atomic E-state index is 13.0. The minimum atomic E-state index is -4.46. The van der Waals surface area contributed by atoms with Crippen molar-refractivity contribution in [2.75, 3.05) is 6.61 Å². The number of hydrogen-bond donors (Lipinski definition) is 1. The molecule has 1 saturated heterocycles. The zero-order chi connectivity index (χ0) is 15.5. The van der Waals surface area contributed by atoms with E-state index >= 15 is 0 Å². The molecule has 1 aromatic carbocycles. The Bertz CT molecular complexity index is 470. The van der Waals surface area contributed by atoms with E-state index in [1.165, 1.54) is 12.1 Å². The molecule has 1 heterocycles. The first-order valence-corrected chi connectivity index (χ1v) is 7.83. The molecule has 6 heteroatoms. The first-order valence-electron chi connectivity index (χ1n) is 7.04. The Morgan fingerprint density at radius 3 is 2.76 bits per heavy atom. The number of aliphatic hydroxyl groups is 1. The molecule has 1 aliphatic rings. The van der Waals surface area contributed by atoms with E-state index < -0.39 is 17.8 Å². The van der Waals surface area contributed by atoms with Gasteiger partial charge in [-0.05, 0) is 49.8 Å². The zero-order valence-corrected chi connectivity index (χ0v) is 13.1. The molecule has 1 aromatic rings. The molecule has 0 spiro atoms. The topological polar surface area (TPSA) is 29.5 Å². The van der Waals surface area contributed by atoms with Gasteiger partial charge in [0.1, 0.15) is 0 Å². The highest BCUT2D eigenvalue weighted by atomic mass is 79.9. The highest BCUT2D eigenvalue weighted by Crippen LogP contribution is 2.37. The maximum absolute atomic E-state index is 13.0. The van der Waals surface area contributed by atoms with E-state index in [4.69, 9.17) is 4.74 Å². The fraction of sp³-hybridized carbons (Fsp3) is 0.600. The summed E-state index contributed by atoms with van der Waals surface area (Å²) in [6.45, 7) is 0.762. The molecule has 0 radical (unpaired) electrons. The van der Waals surface area contributed by atoms with Crippen molar-refractivity contribution in [1.29, 1.82) is 0 Å². The highest BCUT2D eigenvalue weighted by Gasteiger charge is 2.35. The minimum Gasteiger partial charge on any atom is -0.388 e. The molecule has 2 atom stereocenters. The lowest BCUT2D eigenvalue weighted by molar-refractivity contribution is -0.139. The van der Waals surface area contributed by atoms with Crippen molar-refractivity contribution in [2.45, 2.75) is 50.5 Å². The lowest BCUT2D eigenvalue weighted by Crippen LogP contribution is -2.13. The number of alkyl halides is 3. The van der Waals surface area contributed by atoms with Gasteiger partial charge in [0.15, 0.2) is 0 Å². The van der Waals surface area contributed by atoms with Gasteiger partial charge in [-0.1, -0.05) is 22.0 Å². The number of hydrogen-bond acceptors (Lipinski definition) is 2. The first kappa shape index (κ1) is 16.8. The van der Waals surface area contributed by atoms with Crippen LogP contribution in [0.5, 0.6) is 0 Å². The summed E-state index contributed by atoms with van der Waals surface area (Å²) >= 11 is 3.04. The van der Waals surface area contributed by atoms with Crippen LogP contribution >= 0.6 is 15.9 Å². The van der Waals surface area contributed by atoms with Gasteiger partial charge >= 0.3 is 6.18 Å². The van der Waals surface area contributed by atoms with E-state index in [0.29, 0.717) is 17.3 Å². The Morgan fingerprint density at radius 2 is 2.14 bits per heavy atom. The fourth-order valence-corrected chi connectivity index (χ4v) is 2.99. The molecule has 0 aliphatic carbocycles. The molecule has 21 heavy (non-hydrogen) atoms. The molecule has 2 unspecified atom stereocenters. The predicted octanol–water partition coefficient (Wildman–Crippen LogP) is 4.85. The minimum absolute atomic E-state index is 0.0574. The Balaban J connectivity index is 1.99. The van der Waals surface area contributed by atoms with Gasteiger partial charge in [0.25, 0.3) is 0 Å². The van der Waals surface area contributed by atoms with Crippen molar-refractivity contribution in [3.63, 3.8) is 0 Å². The van der Waals surface area contributed by atoms with Crippen molar-refractivity contribution in [3.8, 4) is 0 Å². The molecule has 2 rings (SSSR count). The molecule has 0 aromatic heterocycles. The smallest absolute Gasteiger partial charge is 0.388 e. The van der Waals surface area contributed by atoms with Gasteiger partial charge in [0.2, 0.25) is 0 Å². The lowest BCUT2D eigenvalue weighted by Gasteiger charge is -2.18. The molecule has 0 amide bonds. The normalized spacial score (nSPS) is 20.7. The summed E-state index contributed by atoms with van der Waals surface area (Å²) < 4.78 is 44.8. The third-order valence-corrected chi connectivity index (χ3v) is 4.20. The second-order valence-electron chi connectivity index (χ2n) is 5.31. The van der Waals surface area contributed by atoms with E-state index in [-0.39, 0.29) is 11.7 Å². The van der Waals surface area contributed by atoms with Crippen molar-refractivity contribution in [1.82, 2.24) is 0 Å². The quantitative estimate of drug-likeness (QED) is 0.806. The number of rotatable bonds is 5. The maximum Gasteiger partial charge on any atom is 0.416 e. The summed E-state index contributed by atoms with van der Waals surface area (Å²) in [7, 11) is 0. The van der Waals surface area contributed by atoms with Crippen LogP contribution < -0.4 is 0 Å². The monoisotopic (exact) mass is 366 g/mol. The van der Waals surface area contributed by atoms with Crippen LogP contribution in [0.15, 0.2) is 22.7 Å². The third-order valence-electron chi connectivity index (χ3n) is 3.71. The molecular weight excluding hydrogens is 349 g/mol. The van der Waals surface area contributed by atoms with Crippen molar-refractivity contribution in [2.24, 2.45) is 0 Å². The van der Waals surface area contributed by atoms with Crippen LogP contribution in [0.3, 0.4) is 0 Å². The fourth-order valence-electron chi connectivity index (χ4n) is 2.63. The van der Waals surface area contributed by atoms with Gasteiger partial charge in [-0.3, -0.25) is 0 Å². The van der Waals surface area contributed by atoms with Gasteiger partial charge in [0.05, 0.1) is 17.8 Å². The largest absolute Gasteiger partial charge is 0.416 e. The second-order valence-corrected chi connectivity index (χ2v) is 6.23. The van der Waals surface area contributed by atoms with E-state index in [9.17, 15) is 18.3 Å². The lowest BCUT2D eigenvalue weighted by atomic mass is 9.97. The summed E-state index contributed by atoms with van der Waals surface area (Å²) in [5.41, 5.74) is -0.834. The van der Waals surface area contributed by atoms with E-state index in [2.05, 4.69) is 15.9 Å². The van der Waals surface area contributed by atoms with E-state index in [0.717, 1.165) is 31.9 Å². The summed E-state index contributed by atoms with van der Waals surface area (Å²) in [4.78, 5) is 0. The number of ether oxygens (including phenoxy) is 1.